The van der Waals surface area contributed by atoms with Crippen molar-refractivity contribution in [1.29, 1.82) is 0 Å². The van der Waals surface area contributed by atoms with Crippen molar-refractivity contribution in [2.45, 2.75) is 13.3 Å². The molecule has 0 saturated carbocycles. The van der Waals surface area contributed by atoms with Gasteiger partial charge in [0.05, 0.1) is 3.57 Å². The molecule has 0 bridgehead atoms. The molecular weight excluding hydrogens is 315 g/mol. The first-order chi connectivity index (χ1) is 7.79. The van der Waals surface area contributed by atoms with Crippen molar-refractivity contribution in [3.63, 3.8) is 0 Å². The second kappa shape index (κ2) is 5.25. The largest absolute Gasteiger partial charge is 0.438 e. The third-order valence-corrected chi connectivity index (χ3v) is 2.92. The molecule has 0 atom stereocenters. The van der Waals surface area contributed by atoms with Gasteiger partial charge in [0, 0.05) is 6.20 Å². The third-order valence-electron chi connectivity index (χ3n) is 2.18. The number of nitrogens with zero attached hydrogens (tertiary/aromatic N) is 2. The van der Waals surface area contributed by atoms with Crippen LogP contribution in [-0.4, -0.2) is 9.97 Å². The van der Waals surface area contributed by atoms with Crippen molar-refractivity contribution in [3.8, 4) is 11.6 Å². The average Bonchev–Trinajstić information content (AvgIpc) is 2.33. The highest BCUT2D eigenvalue weighted by molar-refractivity contribution is 14.1. The third kappa shape index (κ3) is 2.69. The van der Waals surface area contributed by atoms with Crippen LogP contribution in [0.25, 0.3) is 0 Å². The Balaban J connectivity index is 2.18. The van der Waals surface area contributed by atoms with Crippen LogP contribution in [0, 0.1) is 3.57 Å². The summed E-state index contributed by atoms with van der Waals surface area (Å²) < 4.78 is 6.55. The fourth-order valence-electron chi connectivity index (χ4n) is 1.28. The first-order valence-electron chi connectivity index (χ1n) is 5.02. The Morgan fingerprint density at radius 2 is 2.00 bits per heavy atom. The monoisotopic (exact) mass is 326 g/mol. The second-order valence-electron chi connectivity index (χ2n) is 3.28. The predicted octanol–water partition coefficient (Wildman–Crippen LogP) is 3.44. The second-order valence-corrected chi connectivity index (χ2v) is 4.44. The summed E-state index contributed by atoms with van der Waals surface area (Å²) in [7, 11) is 0. The maximum atomic E-state index is 5.65. The normalized spacial score (nSPS) is 10.1. The van der Waals surface area contributed by atoms with E-state index in [0.717, 1.165) is 15.7 Å². The highest BCUT2D eigenvalue weighted by Crippen LogP contribution is 2.23. The molecule has 1 aromatic carbocycles. The van der Waals surface area contributed by atoms with Crippen molar-refractivity contribution in [2.75, 3.05) is 0 Å². The molecule has 0 fully saturated rings. The van der Waals surface area contributed by atoms with E-state index in [2.05, 4.69) is 51.6 Å². The minimum absolute atomic E-state index is 0.597. The molecule has 1 aromatic heterocycles. The number of halogens is 1. The van der Waals surface area contributed by atoms with Crippen molar-refractivity contribution in [3.05, 3.63) is 45.9 Å². The van der Waals surface area contributed by atoms with Crippen LogP contribution >= 0.6 is 22.6 Å². The number of hydrogen-bond acceptors (Lipinski definition) is 3. The molecule has 4 heteroatoms. The van der Waals surface area contributed by atoms with Gasteiger partial charge in [-0.25, -0.2) is 9.97 Å². The Hall–Kier alpha value is -1.17. The van der Waals surface area contributed by atoms with E-state index in [0.29, 0.717) is 5.88 Å². The van der Waals surface area contributed by atoms with Gasteiger partial charge in [0.15, 0.2) is 0 Å². The minimum Gasteiger partial charge on any atom is -0.438 e. The summed E-state index contributed by atoms with van der Waals surface area (Å²) in [4.78, 5) is 7.99. The van der Waals surface area contributed by atoms with Gasteiger partial charge in [0.2, 0.25) is 5.88 Å². The lowest BCUT2D eigenvalue weighted by Gasteiger charge is -2.06. The summed E-state index contributed by atoms with van der Waals surface area (Å²) in [5, 5.41) is 0. The summed E-state index contributed by atoms with van der Waals surface area (Å²) in [5.74, 6) is 1.40. The minimum atomic E-state index is 0.597. The smallest absolute Gasteiger partial charge is 0.235 e. The molecule has 1 heterocycles. The van der Waals surface area contributed by atoms with Gasteiger partial charge >= 0.3 is 0 Å². The maximum absolute atomic E-state index is 5.65. The van der Waals surface area contributed by atoms with Crippen molar-refractivity contribution in [1.82, 2.24) is 9.97 Å². The summed E-state index contributed by atoms with van der Waals surface area (Å²) in [6.07, 6.45) is 4.24. The van der Waals surface area contributed by atoms with Gasteiger partial charge in [-0.1, -0.05) is 19.1 Å². The van der Waals surface area contributed by atoms with E-state index < -0.39 is 0 Å². The van der Waals surface area contributed by atoms with Gasteiger partial charge in [-0.15, -0.1) is 0 Å². The molecule has 0 radical (unpaired) electrons. The van der Waals surface area contributed by atoms with Crippen LogP contribution < -0.4 is 4.74 Å². The van der Waals surface area contributed by atoms with Crippen LogP contribution in [0.2, 0.25) is 0 Å². The van der Waals surface area contributed by atoms with Crippen molar-refractivity contribution < 1.29 is 4.74 Å². The number of hydrogen-bond donors (Lipinski definition) is 0. The molecule has 16 heavy (non-hydrogen) atoms. The van der Waals surface area contributed by atoms with E-state index in [4.69, 9.17) is 4.74 Å². The fraction of sp³-hybridized carbons (Fsp3) is 0.167. The molecule has 0 saturated heterocycles. The maximum Gasteiger partial charge on any atom is 0.235 e. The van der Waals surface area contributed by atoms with Crippen LogP contribution in [0.1, 0.15) is 12.5 Å². The highest BCUT2D eigenvalue weighted by Gasteiger charge is 2.03. The molecule has 2 aromatic rings. The predicted molar refractivity (Wildman–Crippen MR) is 70.6 cm³/mol. The zero-order valence-corrected chi connectivity index (χ0v) is 11.0. The number of ether oxygens (including phenoxy) is 1. The quantitative estimate of drug-likeness (QED) is 0.811. The number of aromatic nitrogens is 2. The van der Waals surface area contributed by atoms with E-state index in [1.165, 1.54) is 11.9 Å². The van der Waals surface area contributed by atoms with E-state index in [1.807, 2.05) is 12.1 Å². The van der Waals surface area contributed by atoms with Gasteiger partial charge in [-0.2, -0.15) is 0 Å². The lowest BCUT2D eigenvalue weighted by Crippen LogP contribution is -1.92. The van der Waals surface area contributed by atoms with E-state index in [9.17, 15) is 0 Å². The molecule has 0 aliphatic rings. The zero-order chi connectivity index (χ0) is 11.4. The molecule has 0 N–H and O–H groups in total. The SMILES string of the molecule is CCc1ccc(Oc2ncncc2I)cc1. The lowest BCUT2D eigenvalue weighted by atomic mass is 10.2. The Labute approximate surface area is 108 Å². The number of rotatable bonds is 3. The van der Waals surface area contributed by atoms with Crippen LogP contribution in [0.4, 0.5) is 0 Å². The Kier molecular flexibility index (Phi) is 3.71. The fourth-order valence-corrected chi connectivity index (χ4v) is 1.69. The molecule has 3 nitrogen and oxygen atoms in total. The molecule has 0 spiro atoms. The first kappa shape index (κ1) is 11.3. The topological polar surface area (TPSA) is 35.0 Å². The molecule has 2 rings (SSSR count). The van der Waals surface area contributed by atoms with Crippen LogP contribution in [0.3, 0.4) is 0 Å². The van der Waals surface area contributed by atoms with Crippen molar-refractivity contribution >= 4 is 22.6 Å². The number of benzene rings is 1. The lowest BCUT2D eigenvalue weighted by molar-refractivity contribution is 0.457. The summed E-state index contributed by atoms with van der Waals surface area (Å²) in [6.45, 7) is 2.13. The zero-order valence-electron chi connectivity index (χ0n) is 8.85. The highest BCUT2D eigenvalue weighted by atomic mass is 127. The number of aryl methyl sites for hydroxylation is 1. The molecule has 82 valence electrons. The Morgan fingerprint density at radius 3 is 2.62 bits per heavy atom. The van der Waals surface area contributed by atoms with Gasteiger partial charge < -0.3 is 4.74 Å². The molecular formula is C12H11IN2O. The van der Waals surface area contributed by atoms with Gasteiger partial charge in [0.25, 0.3) is 0 Å². The Morgan fingerprint density at radius 1 is 1.25 bits per heavy atom. The van der Waals surface area contributed by atoms with Crippen molar-refractivity contribution in [2.24, 2.45) is 0 Å². The van der Waals surface area contributed by atoms with Crippen LogP contribution in [0.5, 0.6) is 11.6 Å². The van der Waals surface area contributed by atoms with Crippen LogP contribution in [0.15, 0.2) is 36.8 Å². The standard InChI is InChI=1S/C12H11IN2O/c1-2-9-3-5-10(6-4-9)16-12-11(13)7-14-8-15-12/h3-8H,2H2,1H3. The summed E-state index contributed by atoms with van der Waals surface area (Å²) in [6, 6.07) is 8.03. The molecule has 0 unspecified atom stereocenters. The van der Waals surface area contributed by atoms with Gasteiger partial charge in [-0.05, 0) is 46.7 Å². The van der Waals surface area contributed by atoms with E-state index in [1.54, 1.807) is 6.20 Å². The van der Waals surface area contributed by atoms with Gasteiger partial charge in [0.1, 0.15) is 12.1 Å². The molecule has 0 amide bonds. The molecule has 0 aliphatic heterocycles. The van der Waals surface area contributed by atoms with Crippen LogP contribution in [-0.2, 0) is 6.42 Å². The first-order valence-corrected chi connectivity index (χ1v) is 6.09. The summed E-state index contributed by atoms with van der Waals surface area (Å²) in [5.41, 5.74) is 1.30. The summed E-state index contributed by atoms with van der Waals surface area (Å²) >= 11 is 2.15. The molecule has 0 aliphatic carbocycles. The average molecular weight is 326 g/mol. The Bertz CT molecular complexity index is 471. The van der Waals surface area contributed by atoms with Gasteiger partial charge in [-0.3, -0.25) is 0 Å². The van der Waals surface area contributed by atoms with E-state index in [-0.39, 0.29) is 0 Å². The van der Waals surface area contributed by atoms with E-state index >= 15 is 0 Å².